The summed E-state index contributed by atoms with van der Waals surface area (Å²) in [6.45, 7) is 8.79. The number of aromatic amines is 1. The number of imidazole rings is 1. The first kappa shape index (κ1) is 13.6. The van der Waals surface area contributed by atoms with Crippen molar-refractivity contribution in [2.45, 2.75) is 34.2 Å². The highest BCUT2D eigenvalue weighted by atomic mass is 15.3. The summed E-state index contributed by atoms with van der Waals surface area (Å²) in [4.78, 5) is 14.4. The number of hydrogen-bond donors (Lipinski definition) is 1. The van der Waals surface area contributed by atoms with Gasteiger partial charge in [0, 0.05) is 36.3 Å². The molecular weight excluding hydrogens is 264 g/mol. The van der Waals surface area contributed by atoms with Gasteiger partial charge in [-0.25, -0.2) is 9.97 Å². The predicted octanol–water partition coefficient (Wildman–Crippen LogP) is 2.32. The van der Waals surface area contributed by atoms with Crippen LogP contribution in [0.2, 0.25) is 0 Å². The van der Waals surface area contributed by atoms with Crippen molar-refractivity contribution in [2.24, 2.45) is 0 Å². The molecule has 0 aliphatic heterocycles. The van der Waals surface area contributed by atoms with Gasteiger partial charge < -0.3 is 9.88 Å². The number of aromatic nitrogens is 5. The molecular formula is C15H20N6. The van der Waals surface area contributed by atoms with Gasteiger partial charge in [-0.15, -0.1) is 0 Å². The minimum Gasteiger partial charge on any atom is -0.352 e. The van der Waals surface area contributed by atoms with E-state index in [2.05, 4.69) is 37.9 Å². The lowest BCUT2D eigenvalue weighted by atomic mass is 10.3. The van der Waals surface area contributed by atoms with Gasteiger partial charge >= 0.3 is 0 Å². The molecule has 0 fully saturated rings. The Bertz CT molecular complexity index is 798. The third-order valence-corrected chi connectivity index (χ3v) is 3.70. The fourth-order valence-electron chi connectivity index (χ4n) is 2.46. The SMILES string of the molecule is Cc1cc(N(C)Cc2ncc(C)[nH]2)n2nc(C)c(C)c2n1. The molecule has 0 aliphatic rings. The smallest absolute Gasteiger partial charge is 0.160 e. The number of fused-ring (bicyclic) bond motifs is 1. The van der Waals surface area contributed by atoms with E-state index in [1.54, 1.807) is 0 Å². The van der Waals surface area contributed by atoms with E-state index in [4.69, 9.17) is 0 Å². The molecule has 0 bridgehead atoms. The fraction of sp³-hybridized carbons (Fsp3) is 0.400. The average Bonchev–Trinajstić information content (AvgIpc) is 2.95. The van der Waals surface area contributed by atoms with Crippen LogP contribution in [0.25, 0.3) is 5.65 Å². The molecule has 6 heteroatoms. The van der Waals surface area contributed by atoms with Gasteiger partial charge in [0.05, 0.1) is 12.2 Å². The average molecular weight is 284 g/mol. The van der Waals surface area contributed by atoms with Crippen molar-refractivity contribution < 1.29 is 0 Å². The van der Waals surface area contributed by atoms with Crippen molar-refractivity contribution in [2.75, 3.05) is 11.9 Å². The first-order valence-electron chi connectivity index (χ1n) is 7.01. The van der Waals surface area contributed by atoms with Gasteiger partial charge in [-0.2, -0.15) is 9.61 Å². The number of nitrogens with one attached hydrogen (secondary N) is 1. The molecule has 0 saturated carbocycles. The molecule has 0 amide bonds. The normalized spacial score (nSPS) is 11.3. The van der Waals surface area contributed by atoms with Crippen molar-refractivity contribution in [1.82, 2.24) is 24.6 Å². The quantitative estimate of drug-likeness (QED) is 0.802. The van der Waals surface area contributed by atoms with Crippen molar-refractivity contribution in [3.8, 4) is 0 Å². The van der Waals surface area contributed by atoms with Crippen LogP contribution in [0.4, 0.5) is 5.82 Å². The Morgan fingerprint density at radius 1 is 1.24 bits per heavy atom. The Kier molecular flexibility index (Phi) is 3.16. The molecule has 1 N–H and O–H groups in total. The van der Waals surface area contributed by atoms with Gasteiger partial charge in [-0.3, -0.25) is 0 Å². The van der Waals surface area contributed by atoms with E-state index in [1.807, 2.05) is 38.5 Å². The standard InChI is InChI=1S/C15H20N6/c1-9-6-14(20(5)8-13-16-7-10(2)17-13)21-15(18-9)11(3)12(4)19-21/h6-7H,8H2,1-5H3,(H,16,17). The zero-order valence-electron chi connectivity index (χ0n) is 13.1. The summed E-state index contributed by atoms with van der Waals surface area (Å²) in [5.74, 6) is 1.96. The van der Waals surface area contributed by atoms with E-state index in [-0.39, 0.29) is 0 Å². The van der Waals surface area contributed by atoms with Gasteiger partial charge in [0.2, 0.25) is 0 Å². The monoisotopic (exact) mass is 284 g/mol. The van der Waals surface area contributed by atoms with Crippen molar-refractivity contribution in [1.29, 1.82) is 0 Å². The van der Waals surface area contributed by atoms with Gasteiger partial charge in [0.15, 0.2) is 5.65 Å². The van der Waals surface area contributed by atoms with Gasteiger partial charge in [0.25, 0.3) is 0 Å². The predicted molar refractivity (Wildman–Crippen MR) is 82.6 cm³/mol. The Morgan fingerprint density at radius 2 is 2.00 bits per heavy atom. The summed E-state index contributed by atoms with van der Waals surface area (Å²) >= 11 is 0. The molecule has 0 unspecified atom stereocenters. The highest BCUT2D eigenvalue weighted by Crippen LogP contribution is 2.21. The van der Waals surface area contributed by atoms with Crippen LogP contribution in [-0.4, -0.2) is 31.6 Å². The van der Waals surface area contributed by atoms with Gasteiger partial charge in [-0.05, 0) is 27.7 Å². The van der Waals surface area contributed by atoms with Crippen molar-refractivity contribution in [3.63, 3.8) is 0 Å². The fourth-order valence-corrected chi connectivity index (χ4v) is 2.46. The van der Waals surface area contributed by atoms with E-state index >= 15 is 0 Å². The number of nitrogens with zero attached hydrogens (tertiary/aromatic N) is 5. The number of hydrogen-bond acceptors (Lipinski definition) is 4. The lowest BCUT2D eigenvalue weighted by molar-refractivity contribution is 0.794. The molecule has 3 heterocycles. The summed E-state index contributed by atoms with van der Waals surface area (Å²) in [7, 11) is 2.04. The van der Waals surface area contributed by atoms with Crippen molar-refractivity contribution >= 4 is 11.5 Å². The van der Waals surface area contributed by atoms with Crippen LogP contribution in [-0.2, 0) is 6.54 Å². The van der Waals surface area contributed by atoms with E-state index in [0.29, 0.717) is 6.54 Å². The van der Waals surface area contributed by atoms with Crippen LogP contribution in [0.5, 0.6) is 0 Å². The molecule has 0 aliphatic carbocycles. The summed E-state index contributed by atoms with van der Waals surface area (Å²) in [5, 5.41) is 4.60. The third-order valence-electron chi connectivity index (χ3n) is 3.70. The maximum atomic E-state index is 4.60. The summed E-state index contributed by atoms with van der Waals surface area (Å²) in [6.07, 6.45) is 1.85. The van der Waals surface area contributed by atoms with E-state index in [9.17, 15) is 0 Å². The molecule has 0 aromatic carbocycles. The second-order valence-electron chi connectivity index (χ2n) is 5.57. The molecule has 3 rings (SSSR count). The van der Waals surface area contributed by atoms with Crippen LogP contribution in [0.15, 0.2) is 12.3 Å². The Labute approximate surface area is 123 Å². The topological polar surface area (TPSA) is 62.1 Å². The molecule has 0 saturated heterocycles. The maximum Gasteiger partial charge on any atom is 0.160 e. The van der Waals surface area contributed by atoms with E-state index in [0.717, 1.165) is 39.9 Å². The summed E-state index contributed by atoms with van der Waals surface area (Å²) in [6, 6.07) is 2.05. The van der Waals surface area contributed by atoms with Gasteiger partial charge in [-0.1, -0.05) is 0 Å². The zero-order valence-corrected chi connectivity index (χ0v) is 13.1. The minimum absolute atomic E-state index is 0.699. The lowest BCUT2D eigenvalue weighted by Crippen LogP contribution is -2.21. The first-order chi connectivity index (χ1) is 9.95. The molecule has 110 valence electrons. The van der Waals surface area contributed by atoms with Crippen LogP contribution in [0.3, 0.4) is 0 Å². The Hall–Kier alpha value is -2.37. The summed E-state index contributed by atoms with van der Waals surface area (Å²) in [5.41, 5.74) is 5.12. The summed E-state index contributed by atoms with van der Waals surface area (Å²) < 4.78 is 1.91. The molecule has 21 heavy (non-hydrogen) atoms. The molecule has 6 nitrogen and oxygen atoms in total. The highest BCUT2D eigenvalue weighted by Gasteiger charge is 2.14. The van der Waals surface area contributed by atoms with Crippen LogP contribution >= 0.6 is 0 Å². The molecule has 3 aromatic heterocycles. The largest absolute Gasteiger partial charge is 0.352 e. The molecule has 0 spiro atoms. The number of anilines is 1. The first-order valence-corrected chi connectivity index (χ1v) is 7.01. The maximum absolute atomic E-state index is 4.60. The number of H-pyrrole nitrogens is 1. The Morgan fingerprint density at radius 3 is 2.67 bits per heavy atom. The van der Waals surface area contributed by atoms with Crippen molar-refractivity contribution in [3.05, 3.63) is 40.7 Å². The molecule has 0 radical (unpaired) electrons. The zero-order chi connectivity index (χ0) is 15.1. The number of aryl methyl sites for hydroxylation is 4. The van der Waals surface area contributed by atoms with E-state index in [1.165, 1.54) is 0 Å². The third kappa shape index (κ3) is 2.37. The van der Waals surface area contributed by atoms with Crippen LogP contribution < -0.4 is 4.90 Å². The Balaban J connectivity index is 2.04. The second-order valence-corrected chi connectivity index (χ2v) is 5.57. The highest BCUT2D eigenvalue weighted by molar-refractivity contribution is 5.56. The van der Waals surface area contributed by atoms with E-state index < -0.39 is 0 Å². The molecule has 3 aromatic rings. The van der Waals surface area contributed by atoms with Crippen LogP contribution in [0.1, 0.15) is 28.5 Å². The lowest BCUT2D eigenvalue weighted by Gasteiger charge is -2.19. The second kappa shape index (κ2) is 4.87. The number of rotatable bonds is 3. The van der Waals surface area contributed by atoms with Crippen LogP contribution in [0, 0.1) is 27.7 Å². The minimum atomic E-state index is 0.699. The molecule has 0 atom stereocenters. The van der Waals surface area contributed by atoms with Gasteiger partial charge in [0.1, 0.15) is 11.6 Å².